The van der Waals surface area contributed by atoms with Crippen LogP contribution in [-0.2, 0) is 30.1 Å². The molecule has 0 bridgehead atoms. The minimum Gasteiger partial charge on any atom is -0.497 e. The van der Waals surface area contributed by atoms with Crippen molar-refractivity contribution < 1.29 is 37.6 Å². The Kier molecular flexibility index (Phi) is 13.1. The molecular formula is C38H51N5O8S. The highest BCUT2D eigenvalue weighted by atomic mass is 32.2. The summed E-state index contributed by atoms with van der Waals surface area (Å²) in [7, 11) is -0.0606. The fourth-order valence-corrected chi connectivity index (χ4v) is 6.14. The van der Waals surface area contributed by atoms with E-state index in [4.69, 9.17) is 24.0 Å². The summed E-state index contributed by atoms with van der Waals surface area (Å²) < 4.78 is 32.0. The molecule has 14 heteroatoms. The molecule has 2 heterocycles. The number of pyridine rings is 1. The van der Waals surface area contributed by atoms with Gasteiger partial charge in [-0.15, -0.1) is 6.58 Å². The van der Waals surface area contributed by atoms with E-state index in [9.17, 15) is 18.6 Å². The molecular weight excluding hydrogens is 687 g/mol. The van der Waals surface area contributed by atoms with Crippen molar-refractivity contribution in [1.82, 2.24) is 25.4 Å². The Bertz CT molecular complexity index is 1770. The van der Waals surface area contributed by atoms with Gasteiger partial charge in [-0.05, 0) is 67.0 Å². The van der Waals surface area contributed by atoms with Crippen LogP contribution in [0.1, 0.15) is 61.3 Å². The van der Waals surface area contributed by atoms with Gasteiger partial charge in [-0.1, -0.05) is 36.4 Å². The monoisotopic (exact) mass is 737 g/mol. The molecule has 1 aliphatic rings. The normalized spacial score (nSPS) is 17.9. The molecule has 0 spiro atoms. The third-order valence-corrected chi connectivity index (χ3v) is 9.67. The quantitative estimate of drug-likeness (QED) is 0.148. The number of alkyl carbamates (subject to hydrolysis) is 1. The summed E-state index contributed by atoms with van der Waals surface area (Å²) in [6, 6.07) is 16.7. The highest BCUT2D eigenvalue weighted by molar-refractivity contribution is 7.85. The second-order valence-corrected chi connectivity index (χ2v) is 16.8. The van der Waals surface area contributed by atoms with Crippen LogP contribution < -0.4 is 25.0 Å². The third-order valence-electron chi connectivity index (χ3n) is 8.19. The maximum atomic E-state index is 13.6. The lowest BCUT2D eigenvalue weighted by Crippen LogP contribution is -2.57. The largest absolute Gasteiger partial charge is 0.497 e. The van der Waals surface area contributed by atoms with Gasteiger partial charge in [0.05, 0.1) is 42.3 Å². The van der Waals surface area contributed by atoms with Crippen LogP contribution in [0.25, 0.3) is 22.2 Å². The lowest BCUT2D eigenvalue weighted by molar-refractivity contribution is -0.138. The number of carbonyl (C=O) groups is 3. The van der Waals surface area contributed by atoms with Crippen molar-refractivity contribution in [2.24, 2.45) is 0 Å². The molecule has 282 valence electrons. The molecule has 1 saturated heterocycles. The van der Waals surface area contributed by atoms with Crippen molar-refractivity contribution in [3.05, 3.63) is 67.3 Å². The molecule has 13 nitrogen and oxygen atoms in total. The third kappa shape index (κ3) is 10.7. The van der Waals surface area contributed by atoms with Gasteiger partial charge in [-0.3, -0.25) is 19.1 Å². The molecule has 4 rings (SSSR count). The number of benzene rings is 2. The van der Waals surface area contributed by atoms with Crippen LogP contribution >= 0.6 is 0 Å². The van der Waals surface area contributed by atoms with Gasteiger partial charge in [-0.25, -0.2) is 14.0 Å². The zero-order chi connectivity index (χ0) is 38.3. The second-order valence-electron chi connectivity index (χ2n) is 14.8. The fraction of sp³-hybridized carbons (Fsp3) is 0.474. The summed E-state index contributed by atoms with van der Waals surface area (Å²) in [5.41, 5.74) is 3.08. The van der Waals surface area contributed by atoms with Gasteiger partial charge in [0, 0.05) is 29.5 Å². The van der Waals surface area contributed by atoms with Crippen molar-refractivity contribution in [2.75, 3.05) is 26.8 Å². The molecule has 1 unspecified atom stereocenters. The number of ether oxygens (including phenoxy) is 3. The van der Waals surface area contributed by atoms with Gasteiger partial charge >= 0.3 is 6.09 Å². The van der Waals surface area contributed by atoms with Crippen LogP contribution in [0.2, 0.25) is 0 Å². The number of aromatic nitrogens is 1. The average molecular weight is 738 g/mol. The molecule has 3 aromatic rings. The van der Waals surface area contributed by atoms with Crippen LogP contribution in [0.4, 0.5) is 4.79 Å². The first kappa shape index (κ1) is 40.2. The van der Waals surface area contributed by atoms with E-state index in [0.717, 1.165) is 10.9 Å². The summed E-state index contributed by atoms with van der Waals surface area (Å²) in [6.45, 7) is 15.7. The predicted molar refractivity (Wildman–Crippen MR) is 201 cm³/mol. The van der Waals surface area contributed by atoms with E-state index in [1.165, 1.54) is 0 Å². The number of nitrogens with one attached hydrogen (secondary N) is 3. The number of nitrogens with zero attached hydrogens (tertiary/aromatic N) is 2. The maximum Gasteiger partial charge on any atom is 0.408 e. The van der Waals surface area contributed by atoms with Crippen LogP contribution in [0.5, 0.6) is 11.5 Å². The van der Waals surface area contributed by atoms with E-state index >= 15 is 0 Å². The second kappa shape index (κ2) is 16.9. The fourth-order valence-electron chi connectivity index (χ4n) is 5.44. The van der Waals surface area contributed by atoms with Gasteiger partial charge in [-0.2, -0.15) is 5.48 Å². The van der Waals surface area contributed by atoms with Crippen molar-refractivity contribution in [3.8, 4) is 22.8 Å². The molecule has 0 saturated carbocycles. The summed E-state index contributed by atoms with van der Waals surface area (Å²) in [6.07, 6.45) is 0.925. The van der Waals surface area contributed by atoms with Gasteiger partial charge in [0.15, 0.2) is 0 Å². The van der Waals surface area contributed by atoms with E-state index in [1.807, 2.05) is 54.6 Å². The average Bonchev–Trinajstić information content (AvgIpc) is 3.48. The summed E-state index contributed by atoms with van der Waals surface area (Å²) in [5, 5.41) is 3.31. The summed E-state index contributed by atoms with van der Waals surface area (Å²) in [4.78, 5) is 51.6. The molecule has 0 radical (unpaired) electrons. The van der Waals surface area contributed by atoms with E-state index in [1.54, 1.807) is 66.6 Å². The van der Waals surface area contributed by atoms with Crippen LogP contribution in [-0.4, -0.2) is 86.8 Å². The molecule has 1 aromatic heterocycles. The Morgan fingerprint density at radius 1 is 1.04 bits per heavy atom. The van der Waals surface area contributed by atoms with E-state index in [2.05, 4.69) is 22.1 Å². The van der Waals surface area contributed by atoms with Gasteiger partial charge in [0.1, 0.15) is 46.3 Å². The molecule has 1 fully saturated rings. The Balaban J connectivity index is 1.57. The minimum absolute atomic E-state index is 0.0238. The first-order valence-electron chi connectivity index (χ1n) is 17.1. The molecule has 4 atom stereocenters. The number of amides is 3. The lowest BCUT2D eigenvalue weighted by Gasteiger charge is -2.31. The van der Waals surface area contributed by atoms with Crippen molar-refractivity contribution in [3.63, 3.8) is 0 Å². The number of carbonyl (C=O) groups excluding carboxylic acids is 3. The SMILES string of the molecule is C=CC[C@](C)(NOC[C@@H]1C[C@@H](Oc2cc(-c3ccccc3)nc3cc(OC)ccc23)CN1C(=O)CNC(=O)OC(C)(C)C)C(=O)NS(=O)C(C)(C)C. The van der Waals surface area contributed by atoms with E-state index in [0.29, 0.717) is 29.1 Å². The van der Waals surface area contributed by atoms with Crippen molar-refractivity contribution in [1.29, 1.82) is 0 Å². The van der Waals surface area contributed by atoms with Crippen LogP contribution in [0.3, 0.4) is 0 Å². The number of likely N-dealkylation sites (tertiary alicyclic amines) is 1. The highest BCUT2D eigenvalue weighted by Crippen LogP contribution is 2.34. The molecule has 3 amide bonds. The summed E-state index contributed by atoms with van der Waals surface area (Å²) >= 11 is 0. The molecule has 0 aliphatic carbocycles. The first-order chi connectivity index (χ1) is 24.4. The minimum atomic E-state index is -1.66. The Hall–Kier alpha value is -4.53. The standard InChI is InChI=1S/C38H51N5O8S/c1-10-18-38(8,34(45)41-52(47)37(5,6)7)42-49-24-26-19-28(23-43(26)33(44)22-39-35(46)51-36(2,3)4)50-32-21-30(25-14-12-11-13-15-25)40-31-20-27(48-9)16-17-29(31)32/h10-17,20-21,26,28,42H,1,18-19,22-24H2,2-9H3,(H,39,46)(H,41,45)/t26-,28+,38-,52?/m0/s1. The maximum absolute atomic E-state index is 13.6. The van der Waals surface area contributed by atoms with Gasteiger partial charge < -0.3 is 24.4 Å². The number of hydrogen-bond acceptors (Lipinski definition) is 10. The molecule has 52 heavy (non-hydrogen) atoms. The Morgan fingerprint density at radius 2 is 1.75 bits per heavy atom. The summed E-state index contributed by atoms with van der Waals surface area (Å²) in [5.74, 6) is 0.334. The van der Waals surface area contributed by atoms with Crippen LogP contribution in [0, 0.1) is 0 Å². The first-order valence-corrected chi connectivity index (χ1v) is 18.3. The predicted octanol–water partition coefficient (Wildman–Crippen LogP) is 5.22. The Morgan fingerprint density at radius 3 is 2.38 bits per heavy atom. The number of rotatable bonds is 14. The van der Waals surface area contributed by atoms with Gasteiger partial charge in [0.2, 0.25) is 5.91 Å². The van der Waals surface area contributed by atoms with Crippen molar-refractivity contribution >= 4 is 39.8 Å². The van der Waals surface area contributed by atoms with Crippen LogP contribution in [0.15, 0.2) is 67.3 Å². The lowest BCUT2D eigenvalue weighted by atomic mass is 9.98. The number of fused-ring (bicyclic) bond motifs is 1. The highest BCUT2D eigenvalue weighted by Gasteiger charge is 2.39. The number of methoxy groups -OCH3 is 1. The van der Waals surface area contributed by atoms with E-state index in [-0.39, 0.29) is 32.0 Å². The smallest absolute Gasteiger partial charge is 0.408 e. The topological polar surface area (TPSA) is 157 Å². The number of hydroxylamine groups is 1. The zero-order valence-corrected chi connectivity index (χ0v) is 32.1. The molecule has 3 N–H and O–H groups in total. The zero-order valence-electron chi connectivity index (χ0n) is 31.2. The van der Waals surface area contributed by atoms with E-state index < -0.39 is 51.0 Å². The molecule has 1 aliphatic heterocycles. The van der Waals surface area contributed by atoms with Crippen molar-refractivity contribution in [2.45, 2.75) is 89.3 Å². The number of hydrogen-bond donors (Lipinski definition) is 3. The molecule has 2 aromatic carbocycles. The van der Waals surface area contributed by atoms with Gasteiger partial charge in [0.25, 0.3) is 5.91 Å². The Labute approximate surface area is 308 Å².